The Morgan fingerprint density at radius 1 is 0.944 bits per heavy atom. The van der Waals surface area contributed by atoms with E-state index in [9.17, 15) is 14.4 Å². The van der Waals surface area contributed by atoms with E-state index < -0.39 is 18.0 Å². The van der Waals surface area contributed by atoms with Crippen molar-refractivity contribution in [2.24, 2.45) is 5.10 Å². The molecule has 1 aliphatic rings. The van der Waals surface area contributed by atoms with Crippen molar-refractivity contribution in [1.29, 1.82) is 0 Å². The highest BCUT2D eigenvalue weighted by Gasteiger charge is 2.27. The number of rotatable bonds is 9. The zero-order valence-electron chi connectivity index (χ0n) is 19.9. The van der Waals surface area contributed by atoms with E-state index in [1.807, 2.05) is 30.3 Å². The van der Waals surface area contributed by atoms with E-state index in [4.69, 9.17) is 9.47 Å². The molecule has 4 rings (SSSR count). The van der Waals surface area contributed by atoms with Crippen LogP contribution in [0.5, 0.6) is 5.75 Å². The number of hydrogen-bond acceptors (Lipinski definition) is 6. The van der Waals surface area contributed by atoms with Crippen LogP contribution in [0, 0.1) is 0 Å². The normalized spacial score (nSPS) is 13.5. The molecule has 0 fully saturated rings. The van der Waals surface area contributed by atoms with E-state index >= 15 is 0 Å². The number of nitrogens with one attached hydrogen (secondary N) is 1. The van der Waals surface area contributed by atoms with Crippen LogP contribution in [0.25, 0.3) is 0 Å². The second kappa shape index (κ2) is 11.8. The molecule has 0 saturated heterocycles. The Morgan fingerprint density at radius 2 is 1.67 bits per heavy atom. The molecule has 0 spiro atoms. The molecule has 1 N–H and O–H groups in total. The molecule has 8 heteroatoms. The summed E-state index contributed by atoms with van der Waals surface area (Å²) in [5.74, 6) is -0.843. The predicted octanol–water partition coefficient (Wildman–Crippen LogP) is 4.34. The molecule has 36 heavy (non-hydrogen) atoms. The van der Waals surface area contributed by atoms with Crippen LogP contribution < -0.4 is 10.1 Å². The summed E-state index contributed by atoms with van der Waals surface area (Å²) in [4.78, 5) is 38.3. The average molecular weight is 486 g/mol. The molecule has 0 aromatic heterocycles. The number of methoxy groups -OCH3 is 1. The maximum Gasteiger partial charge on any atom is 0.307 e. The summed E-state index contributed by atoms with van der Waals surface area (Å²) in [5.41, 5.74) is 2.84. The van der Waals surface area contributed by atoms with E-state index in [1.165, 1.54) is 12.1 Å². The Bertz CT molecular complexity index is 1240. The molecular weight excluding hydrogens is 458 g/mol. The molecule has 1 heterocycles. The zero-order chi connectivity index (χ0) is 25.3. The average Bonchev–Trinajstić information content (AvgIpc) is 3.42. The smallest absolute Gasteiger partial charge is 0.307 e. The number of ether oxygens (including phenoxy) is 2. The molecule has 1 atom stereocenters. The molecule has 1 unspecified atom stereocenters. The van der Waals surface area contributed by atoms with E-state index in [1.54, 1.807) is 54.6 Å². The highest BCUT2D eigenvalue weighted by Crippen LogP contribution is 2.23. The summed E-state index contributed by atoms with van der Waals surface area (Å²) in [7, 11) is 1.53. The Morgan fingerprint density at radius 3 is 2.39 bits per heavy atom. The van der Waals surface area contributed by atoms with E-state index in [2.05, 4.69) is 10.4 Å². The van der Waals surface area contributed by atoms with Crippen LogP contribution in [0.3, 0.4) is 0 Å². The first-order chi connectivity index (χ1) is 17.5. The molecule has 2 amide bonds. The standard InChI is InChI=1S/C28H27N3O5/c1-35-23-14-8-13-22(19-23)29-28(34)27(21-11-6-3-7-12-21)36-26(33)16-15-25(32)31-18-17-24(30-31)20-9-4-2-5-10-20/h2-14,19,27H,15-18H2,1H3,(H,29,34). The lowest BCUT2D eigenvalue weighted by atomic mass is 10.1. The second-order valence-electron chi connectivity index (χ2n) is 8.18. The van der Waals surface area contributed by atoms with Crippen molar-refractivity contribution in [2.75, 3.05) is 19.0 Å². The van der Waals surface area contributed by atoms with Crippen molar-refractivity contribution in [1.82, 2.24) is 5.01 Å². The van der Waals surface area contributed by atoms with Gasteiger partial charge in [0, 0.05) is 30.2 Å². The Kier molecular flexibility index (Phi) is 8.08. The first kappa shape index (κ1) is 24.7. The third kappa shape index (κ3) is 6.35. The van der Waals surface area contributed by atoms with Crippen molar-refractivity contribution in [3.05, 3.63) is 96.1 Å². The van der Waals surface area contributed by atoms with Gasteiger partial charge < -0.3 is 14.8 Å². The first-order valence-electron chi connectivity index (χ1n) is 11.7. The molecule has 184 valence electrons. The fourth-order valence-electron chi connectivity index (χ4n) is 3.81. The van der Waals surface area contributed by atoms with Gasteiger partial charge in [0.25, 0.3) is 5.91 Å². The van der Waals surface area contributed by atoms with Gasteiger partial charge in [0.15, 0.2) is 0 Å². The molecule has 0 aliphatic carbocycles. The van der Waals surface area contributed by atoms with Crippen LogP contribution in [-0.2, 0) is 19.1 Å². The van der Waals surface area contributed by atoms with Gasteiger partial charge in [0.1, 0.15) is 5.75 Å². The maximum atomic E-state index is 13.0. The molecule has 0 saturated carbocycles. The molecule has 1 aliphatic heterocycles. The maximum absolute atomic E-state index is 13.0. The number of esters is 1. The minimum Gasteiger partial charge on any atom is -0.497 e. The van der Waals surface area contributed by atoms with Crippen LogP contribution in [0.1, 0.15) is 36.5 Å². The van der Waals surface area contributed by atoms with Gasteiger partial charge in [0.2, 0.25) is 12.0 Å². The number of amides is 2. The van der Waals surface area contributed by atoms with Crippen LogP contribution in [-0.4, -0.2) is 42.2 Å². The molecule has 8 nitrogen and oxygen atoms in total. The summed E-state index contributed by atoms with van der Waals surface area (Å²) in [6, 6.07) is 25.3. The highest BCUT2D eigenvalue weighted by atomic mass is 16.5. The predicted molar refractivity (Wildman–Crippen MR) is 135 cm³/mol. The summed E-state index contributed by atoms with van der Waals surface area (Å²) >= 11 is 0. The molecule has 0 radical (unpaired) electrons. The largest absolute Gasteiger partial charge is 0.497 e. The van der Waals surface area contributed by atoms with E-state index in [0.29, 0.717) is 30.0 Å². The summed E-state index contributed by atoms with van der Waals surface area (Å²) in [6.07, 6.45) is -0.750. The van der Waals surface area contributed by atoms with Crippen LogP contribution in [0.15, 0.2) is 90.0 Å². The highest BCUT2D eigenvalue weighted by molar-refractivity contribution is 6.02. The molecule has 0 bridgehead atoms. The number of anilines is 1. The van der Waals surface area contributed by atoms with Crippen LogP contribution in [0.2, 0.25) is 0 Å². The number of benzene rings is 3. The van der Waals surface area contributed by atoms with Crippen molar-refractivity contribution < 1.29 is 23.9 Å². The van der Waals surface area contributed by atoms with Gasteiger partial charge >= 0.3 is 5.97 Å². The number of nitrogens with zero attached hydrogens (tertiary/aromatic N) is 2. The number of hydrogen-bond donors (Lipinski definition) is 1. The van der Waals surface area contributed by atoms with Crippen molar-refractivity contribution in [2.45, 2.75) is 25.4 Å². The number of carbonyl (C=O) groups is 3. The summed E-state index contributed by atoms with van der Waals surface area (Å²) in [5, 5.41) is 8.56. The fourth-order valence-corrected chi connectivity index (χ4v) is 3.81. The minimum absolute atomic E-state index is 0.0661. The van der Waals surface area contributed by atoms with Crippen LogP contribution >= 0.6 is 0 Å². The van der Waals surface area contributed by atoms with Crippen molar-refractivity contribution >= 4 is 29.2 Å². The van der Waals surface area contributed by atoms with E-state index in [-0.39, 0.29) is 18.7 Å². The quantitative estimate of drug-likeness (QED) is 0.455. The van der Waals surface area contributed by atoms with Gasteiger partial charge in [-0.05, 0) is 17.7 Å². The Hall–Kier alpha value is -4.46. The van der Waals surface area contributed by atoms with Gasteiger partial charge in [-0.25, -0.2) is 5.01 Å². The topological polar surface area (TPSA) is 97.3 Å². The Balaban J connectivity index is 1.37. The Labute approximate surface area is 209 Å². The van der Waals surface area contributed by atoms with Crippen LogP contribution in [0.4, 0.5) is 5.69 Å². The van der Waals surface area contributed by atoms with E-state index in [0.717, 1.165) is 11.3 Å². The number of carbonyl (C=O) groups excluding carboxylic acids is 3. The molecule has 3 aromatic rings. The van der Waals surface area contributed by atoms with Gasteiger partial charge in [0.05, 0.1) is 25.8 Å². The lowest BCUT2D eigenvalue weighted by Crippen LogP contribution is -2.27. The van der Waals surface area contributed by atoms with Crippen molar-refractivity contribution in [3.8, 4) is 5.75 Å². The van der Waals surface area contributed by atoms with Gasteiger partial charge in [-0.1, -0.05) is 66.7 Å². The summed E-state index contributed by atoms with van der Waals surface area (Å²) < 4.78 is 10.7. The lowest BCUT2D eigenvalue weighted by molar-refractivity contribution is -0.155. The van der Waals surface area contributed by atoms with Gasteiger partial charge in [-0.3, -0.25) is 14.4 Å². The lowest BCUT2D eigenvalue weighted by Gasteiger charge is -2.18. The van der Waals surface area contributed by atoms with Gasteiger partial charge in [-0.2, -0.15) is 5.10 Å². The SMILES string of the molecule is COc1cccc(NC(=O)C(OC(=O)CCC(=O)N2CCC(c3ccccc3)=N2)c2ccccc2)c1. The first-order valence-corrected chi connectivity index (χ1v) is 11.7. The van der Waals surface area contributed by atoms with Crippen molar-refractivity contribution in [3.63, 3.8) is 0 Å². The monoisotopic (exact) mass is 485 g/mol. The molecule has 3 aromatic carbocycles. The third-order valence-corrected chi connectivity index (χ3v) is 5.67. The zero-order valence-corrected chi connectivity index (χ0v) is 19.9. The fraction of sp³-hybridized carbons (Fsp3) is 0.214. The molecular formula is C28H27N3O5. The second-order valence-corrected chi connectivity index (χ2v) is 8.18. The third-order valence-electron chi connectivity index (χ3n) is 5.67. The van der Waals surface area contributed by atoms with Gasteiger partial charge in [-0.15, -0.1) is 0 Å². The number of hydrazone groups is 1. The minimum atomic E-state index is -1.17. The summed E-state index contributed by atoms with van der Waals surface area (Å²) in [6.45, 7) is 0.466.